The Kier molecular flexibility index (Phi) is 4.54. The number of rotatable bonds is 3. The van der Waals surface area contributed by atoms with E-state index in [1.54, 1.807) is 0 Å². The Hall–Kier alpha value is -1.14. The molecule has 0 aromatic rings. The minimum Gasteiger partial charge on any atom is -0.395 e. The fourth-order valence-corrected chi connectivity index (χ4v) is 2.58. The average Bonchev–Trinajstić information content (AvgIpc) is 2.65. The first kappa shape index (κ1) is 13.3. The largest absolute Gasteiger partial charge is 0.395 e. The van der Waals surface area contributed by atoms with Crippen molar-refractivity contribution < 1.29 is 14.7 Å². The van der Waals surface area contributed by atoms with Gasteiger partial charge in [0.05, 0.1) is 6.61 Å². The molecule has 18 heavy (non-hydrogen) atoms. The molecule has 2 fully saturated rings. The van der Waals surface area contributed by atoms with Crippen molar-refractivity contribution in [2.75, 3.05) is 39.3 Å². The first-order chi connectivity index (χ1) is 8.70. The molecule has 2 N–H and O–H groups in total. The van der Waals surface area contributed by atoms with E-state index in [4.69, 9.17) is 5.11 Å². The van der Waals surface area contributed by atoms with Gasteiger partial charge in [-0.25, -0.2) is 0 Å². The van der Waals surface area contributed by atoms with E-state index >= 15 is 0 Å². The molecule has 0 bridgehead atoms. The maximum absolute atomic E-state index is 12.2. The van der Waals surface area contributed by atoms with Crippen molar-refractivity contribution in [1.82, 2.24) is 15.1 Å². The summed E-state index contributed by atoms with van der Waals surface area (Å²) in [6.45, 7) is 3.97. The van der Waals surface area contributed by atoms with Gasteiger partial charge in [0.2, 0.25) is 11.8 Å². The fraction of sp³-hybridized carbons (Fsp3) is 0.833. The number of aliphatic hydroxyl groups excluding tert-OH is 1. The molecular weight excluding hydrogens is 234 g/mol. The molecule has 0 saturated carbocycles. The van der Waals surface area contributed by atoms with E-state index in [2.05, 4.69) is 10.2 Å². The molecule has 0 aromatic heterocycles. The Morgan fingerprint density at radius 1 is 1.33 bits per heavy atom. The number of carbonyl (C=O) groups is 2. The first-order valence-corrected chi connectivity index (χ1v) is 6.62. The summed E-state index contributed by atoms with van der Waals surface area (Å²) < 4.78 is 0. The molecular formula is C12H21N3O3. The van der Waals surface area contributed by atoms with Crippen molar-refractivity contribution in [2.45, 2.75) is 25.3 Å². The van der Waals surface area contributed by atoms with Gasteiger partial charge in [0.1, 0.15) is 6.04 Å². The van der Waals surface area contributed by atoms with E-state index in [1.165, 1.54) is 0 Å². The van der Waals surface area contributed by atoms with Crippen LogP contribution in [-0.4, -0.2) is 72.1 Å². The number of aliphatic hydroxyl groups is 1. The summed E-state index contributed by atoms with van der Waals surface area (Å²) >= 11 is 0. The van der Waals surface area contributed by atoms with Crippen LogP contribution >= 0.6 is 0 Å². The maximum Gasteiger partial charge on any atom is 0.245 e. The molecule has 0 radical (unpaired) electrons. The normalized spacial score (nSPS) is 25.9. The molecule has 1 unspecified atom stereocenters. The topological polar surface area (TPSA) is 72.9 Å². The number of β-amino-alcohol motifs (C(OH)–C–C–N with tert-alkyl or cyclic N) is 1. The zero-order chi connectivity index (χ0) is 13.0. The second-order valence-corrected chi connectivity index (χ2v) is 4.90. The Balaban J connectivity index is 1.85. The van der Waals surface area contributed by atoms with Crippen molar-refractivity contribution in [2.24, 2.45) is 0 Å². The first-order valence-electron chi connectivity index (χ1n) is 6.62. The van der Waals surface area contributed by atoms with Crippen LogP contribution in [0, 0.1) is 0 Å². The molecule has 2 rings (SSSR count). The van der Waals surface area contributed by atoms with Gasteiger partial charge in [-0.2, -0.15) is 0 Å². The Bertz CT molecular complexity index is 322. The van der Waals surface area contributed by atoms with Crippen LogP contribution < -0.4 is 5.32 Å². The summed E-state index contributed by atoms with van der Waals surface area (Å²) in [5.74, 6) is 0.0248. The SMILES string of the molecule is O=C1CCC(C(=O)N2CCCN(CCO)CC2)N1. The Morgan fingerprint density at radius 2 is 2.17 bits per heavy atom. The van der Waals surface area contributed by atoms with Crippen LogP contribution in [0.15, 0.2) is 0 Å². The van der Waals surface area contributed by atoms with E-state index in [-0.39, 0.29) is 24.5 Å². The highest BCUT2D eigenvalue weighted by atomic mass is 16.3. The number of nitrogens with one attached hydrogen (secondary N) is 1. The minimum absolute atomic E-state index is 0.0231. The number of hydrogen-bond acceptors (Lipinski definition) is 4. The summed E-state index contributed by atoms with van der Waals surface area (Å²) in [6.07, 6.45) is 2.00. The van der Waals surface area contributed by atoms with Gasteiger partial charge in [-0.3, -0.25) is 14.5 Å². The monoisotopic (exact) mass is 255 g/mol. The molecule has 0 aliphatic carbocycles. The minimum atomic E-state index is -0.318. The number of carbonyl (C=O) groups excluding carboxylic acids is 2. The standard InChI is InChI=1S/C12H21N3O3/c16-9-8-14-4-1-5-15(7-6-14)12(18)10-2-3-11(17)13-10/h10,16H,1-9H2,(H,13,17). The summed E-state index contributed by atoms with van der Waals surface area (Å²) in [4.78, 5) is 27.3. The molecule has 102 valence electrons. The lowest BCUT2D eigenvalue weighted by Gasteiger charge is -2.24. The quantitative estimate of drug-likeness (QED) is 0.664. The van der Waals surface area contributed by atoms with E-state index in [1.807, 2.05) is 4.90 Å². The van der Waals surface area contributed by atoms with Crippen molar-refractivity contribution >= 4 is 11.8 Å². The number of amides is 2. The van der Waals surface area contributed by atoms with E-state index in [9.17, 15) is 9.59 Å². The predicted octanol–water partition coefficient (Wildman–Crippen LogP) is -1.21. The van der Waals surface area contributed by atoms with Crippen LogP contribution in [0.3, 0.4) is 0 Å². The molecule has 2 saturated heterocycles. The average molecular weight is 255 g/mol. The molecule has 0 spiro atoms. The maximum atomic E-state index is 12.2. The third kappa shape index (κ3) is 3.20. The van der Waals surface area contributed by atoms with Crippen molar-refractivity contribution in [1.29, 1.82) is 0 Å². The second-order valence-electron chi connectivity index (χ2n) is 4.90. The molecule has 2 aliphatic heterocycles. The van der Waals surface area contributed by atoms with E-state index in [0.717, 1.165) is 26.1 Å². The van der Waals surface area contributed by atoms with Gasteiger partial charge in [-0.15, -0.1) is 0 Å². The van der Waals surface area contributed by atoms with Crippen molar-refractivity contribution in [3.8, 4) is 0 Å². The highest BCUT2D eigenvalue weighted by molar-refractivity contribution is 5.90. The van der Waals surface area contributed by atoms with Gasteiger partial charge < -0.3 is 15.3 Å². The summed E-state index contributed by atoms with van der Waals surface area (Å²) in [5.41, 5.74) is 0. The fourth-order valence-electron chi connectivity index (χ4n) is 2.58. The second kappa shape index (κ2) is 6.15. The molecule has 2 heterocycles. The molecule has 6 heteroatoms. The smallest absolute Gasteiger partial charge is 0.245 e. The van der Waals surface area contributed by atoms with Gasteiger partial charge in [-0.1, -0.05) is 0 Å². The predicted molar refractivity (Wildman–Crippen MR) is 65.9 cm³/mol. The van der Waals surface area contributed by atoms with Crippen LogP contribution in [0.25, 0.3) is 0 Å². The van der Waals surface area contributed by atoms with Gasteiger partial charge >= 0.3 is 0 Å². The third-order valence-corrected chi connectivity index (χ3v) is 3.61. The zero-order valence-electron chi connectivity index (χ0n) is 10.6. The molecule has 2 amide bonds. The molecule has 1 atom stereocenters. The zero-order valence-corrected chi connectivity index (χ0v) is 10.6. The van der Waals surface area contributed by atoms with Gasteiger partial charge in [0, 0.05) is 32.6 Å². The van der Waals surface area contributed by atoms with Gasteiger partial charge in [0.15, 0.2) is 0 Å². The van der Waals surface area contributed by atoms with Crippen molar-refractivity contribution in [3.05, 3.63) is 0 Å². The molecule has 6 nitrogen and oxygen atoms in total. The lowest BCUT2D eigenvalue weighted by Crippen LogP contribution is -2.45. The lowest BCUT2D eigenvalue weighted by molar-refractivity contribution is -0.134. The van der Waals surface area contributed by atoms with Gasteiger partial charge in [0.25, 0.3) is 0 Å². The Morgan fingerprint density at radius 3 is 2.83 bits per heavy atom. The number of nitrogens with zero attached hydrogens (tertiary/aromatic N) is 2. The van der Waals surface area contributed by atoms with Crippen LogP contribution in [-0.2, 0) is 9.59 Å². The van der Waals surface area contributed by atoms with Crippen LogP contribution in [0.4, 0.5) is 0 Å². The highest BCUT2D eigenvalue weighted by Crippen LogP contribution is 2.12. The summed E-state index contributed by atoms with van der Waals surface area (Å²) in [5, 5.41) is 11.6. The van der Waals surface area contributed by atoms with Crippen LogP contribution in [0.2, 0.25) is 0 Å². The number of hydrogen-bond donors (Lipinski definition) is 2. The summed E-state index contributed by atoms with van der Waals surface area (Å²) in [6, 6.07) is -0.318. The Labute approximate surface area is 107 Å². The van der Waals surface area contributed by atoms with Gasteiger partial charge in [-0.05, 0) is 19.4 Å². The lowest BCUT2D eigenvalue weighted by atomic mass is 10.2. The molecule has 0 aromatic carbocycles. The van der Waals surface area contributed by atoms with E-state index in [0.29, 0.717) is 25.9 Å². The third-order valence-electron chi connectivity index (χ3n) is 3.61. The highest BCUT2D eigenvalue weighted by Gasteiger charge is 2.31. The van der Waals surface area contributed by atoms with Crippen LogP contribution in [0.5, 0.6) is 0 Å². The van der Waals surface area contributed by atoms with E-state index < -0.39 is 0 Å². The van der Waals surface area contributed by atoms with Crippen molar-refractivity contribution in [3.63, 3.8) is 0 Å². The summed E-state index contributed by atoms with van der Waals surface area (Å²) in [7, 11) is 0. The van der Waals surface area contributed by atoms with Crippen LogP contribution in [0.1, 0.15) is 19.3 Å². The molecule has 2 aliphatic rings.